The van der Waals surface area contributed by atoms with Crippen molar-refractivity contribution >= 4 is 43.2 Å². The van der Waals surface area contributed by atoms with Gasteiger partial charge < -0.3 is 10.8 Å². The number of rotatable bonds is 6. The second-order valence-electron chi connectivity index (χ2n) is 3.77. The molecule has 0 unspecified atom stereocenters. The first-order chi connectivity index (χ1) is 9.27. The van der Waals surface area contributed by atoms with E-state index in [1.54, 1.807) is 0 Å². The number of sulfonamides is 1. The second-order valence-corrected chi connectivity index (χ2v) is 6.88. The molecule has 20 heavy (non-hydrogen) atoms. The summed E-state index contributed by atoms with van der Waals surface area (Å²) in [5.41, 5.74) is 5.08. The number of hydrogen-bond donors (Lipinski definition) is 2. The van der Waals surface area contributed by atoms with Crippen molar-refractivity contribution in [2.24, 2.45) is 0 Å². The molecule has 0 radical (unpaired) electrons. The molecule has 0 spiro atoms. The van der Waals surface area contributed by atoms with Crippen molar-refractivity contribution < 1.29 is 17.9 Å². The highest BCUT2D eigenvalue weighted by atomic mass is 79.9. The Hall–Kier alpha value is -0.670. The summed E-state index contributed by atoms with van der Waals surface area (Å²) in [5.74, 6) is -1.09. The molecule has 1 aromatic carbocycles. The van der Waals surface area contributed by atoms with Gasteiger partial charge in [-0.15, -0.1) is 6.58 Å². The van der Waals surface area contributed by atoms with Gasteiger partial charge in [0.15, 0.2) is 5.82 Å². The van der Waals surface area contributed by atoms with Crippen LogP contribution in [0.5, 0.6) is 0 Å². The van der Waals surface area contributed by atoms with Gasteiger partial charge in [-0.2, -0.15) is 4.31 Å². The minimum Gasteiger partial charge on any atom is -0.395 e. The van der Waals surface area contributed by atoms with E-state index in [1.807, 2.05) is 0 Å². The van der Waals surface area contributed by atoms with Crippen molar-refractivity contribution in [3.05, 3.63) is 34.0 Å². The van der Waals surface area contributed by atoms with Crippen molar-refractivity contribution in [3.8, 4) is 0 Å². The maximum absolute atomic E-state index is 14.1. The van der Waals surface area contributed by atoms with E-state index in [4.69, 9.17) is 22.4 Å². The molecule has 0 amide bonds. The first-order valence-electron chi connectivity index (χ1n) is 5.42. The smallest absolute Gasteiger partial charge is 0.246 e. The molecular weight excluding hydrogens is 375 g/mol. The molecule has 112 valence electrons. The van der Waals surface area contributed by atoms with Crippen LogP contribution in [0.3, 0.4) is 0 Å². The van der Waals surface area contributed by atoms with Gasteiger partial charge >= 0.3 is 0 Å². The first kappa shape index (κ1) is 17.4. The van der Waals surface area contributed by atoms with Gasteiger partial charge in [0, 0.05) is 13.1 Å². The molecule has 1 rings (SSSR count). The Balaban J connectivity index is 3.45. The summed E-state index contributed by atoms with van der Waals surface area (Å²) in [6.45, 7) is 2.75. The van der Waals surface area contributed by atoms with Crippen LogP contribution in [-0.4, -0.2) is 37.5 Å². The first-order valence-corrected chi connectivity index (χ1v) is 8.03. The van der Waals surface area contributed by atoms with Gasteiger partial charge in [-0.25, -0.2) is 12.8 Å². The van der Waals surface area contributed by atoms with E-state index in [2.05, 4.69) is 22.5 Å². The maximum Gasteiger partial charge on any atom is 0.246 e. The highest BCUT2D eigenvalue weighted by Crippen LogP contribution is 2.35. The average Bonchev–Trinajstić information content (AvgIpc) is 2.40. The van der Waals surface area contributed by atoms with Gasteiger partial charge in [-0.3, -0.25) is 0 Å². The summed E-state index contributed by atoms with van der Waals surface area (Å²) < 4.78 is 39.7. The Kier molecular flexibility index (Phi) is 5.96. The van der Waals surface area contributed by atoms with Gasteiger partial charge in [0.25, 0.3) is 0 Å². The predicted molar refractivity (Wildman–Crippen MR) is 79.6 cm³/mol. The molecule has 0 heterocycles. The number of benzene rings is 1. The number of aliphatic hydroxyl groups is 1. The van der Waals surface area contributed by atoms with E-state index in [0.29, 0.717) is 0 Å². The highest BCUT2D eigenvalue weighted by molar-refractivity contribution is 9.10. The average molecular weight is 388 g/mol. The standard InChI is InChI=1S/C11H13BrClFN2O3S/c1-2-3-16(4-5-17)20(18,19)8-6-7(13)9(12)11(15)10(8)14/h2,6,17H,1,3-5,15H2. The van der Waals surface area contributed by atoms with Crippen LogP contribution < -0.4 is 5.73 Å². The fourth-order valence-corrected chi connectivity index (χ4v) is 3.56. The van der Waals surface area contributed by atoms with Gasteiger partial charge in [0.1, 0.15) is 4.90 Å². The molecule has 0 bridgehead atoms. The molecule has 0 saturated heterocycles. The molecule has 1 aromatic rings. The zero-order valence-electron chi connectivity index (χ0n) is 10.3. The minimum atomic E-state index is -4.18. The van der Waals surface area contributed by atoms with E-state index in [-0.39, 0.29) is 22.6 Å². The summed E-state index contributed by atoms with van der Waals surface area (Å²) in [6.07, 6.45) is 1.33. The topological polar surface area (TPSA) is 83.6 Å². The number of halogens is 3. The normalized spacial score (nSPS) is 11.8. The van der Waals surface area contributed by atoms with Crippen LogP contribution in [0.25, 0.3) is 0 Å². The Labute approximate surface area is 130 Å². The molecule has 0 aliphatic heterocycles. The van der Waals surface area contributed by atoms with Crippen LogP contribution in [0.4, 0.5) is 10.1 Å². The number of hydrogen-bond acceptors (Lipinski definition) is 4. The molecule has 0 aliphatic rings. The summed E-state index contributed by atoms with van der Waals surface area (Å²) in [4.78, 5) is -0.640. The van der Waals surface area contributed by atoms with Crippen LogP contribution in [0.2, 0.25) is 5.02 Å². The number of aliphatic hydroxyl groups excluding tert-OH is 1. The molecule has 0 aromatic heterocycles. The lowest BCUT2D eigenvalue weighted by Crippen LogP contribution is -2.34. The van der Waals surface area contributed by atoms with Crippen molar-refractivity contribution in [1.82, 2.24) is 4.31 Å². The van der Waals surface area contributed by atoms with Gasteiger partial charge in [-0.1, -0.05) is 17.7 Å². The maximum atomic E-state index is 14.1. The fraction of sp³-hybridized carbons (Fsp3) is 0.273. The number of nitrogens with zero attached hydrogens (tertiary/aromatic N) is 1. The Morgan fingerprint density at radius 3 is 2.70 bits per heavy atom. The fourth-order valence-electron chi connectivity index (χ4n) is 1.49. The van der Waals surface area contributed by atoms with Crippen molar-refractivity contribution in [3.63, 3.8) is 0 Å². The van der Waals surface area contributed by atoms with Crippen molar-refractivity contribution in [1.29, 1.82) is 0 Å². The molecule has 0 saturated carbocycles. The Morgan fingerprint density at radius 1 is 1.60 bits per heavy atom. The van der Waals surface area contributed by atoms with E-state index < -0.39 is 33.0 Å². The zero-order valence-corrected chi connectivity index (χ0v) is 13.5. The molecule has 0 aliphatic carbocycles. The number of nitrogen functional groups attached to an aromatic ring is 1. The van der Waals surface area contributed by atoms with Gasteiger partial charge in [-0.05, 0) is 22.0 Å². The molecule has 0 atom stereocenters. The third-order valence-electron chi connectivity index (χ3n) is 2.46. The minimum absolute atomic E-state index is 0.0231. The highest BCUT2D eigenvalue weighted by Gasteiger charge is 2.29. The summed E-state index contributed by atoms with van der Waals surface area (Å²) in [5, 5.41) is 8.88. The number of nitrogens with two attached hydrogens (primary N) is 1. The summed E-state index contributed by atoms with van der Waals surface area (Å²) in [6, 6.07) is 0.972. The lowest BCUT2D eigenvalue weighted by atomic mass is 10.3. The van der Waals surface area contributed by atoms with E-state index in [0.717, 1.165) is 10.4 Å². The second kappa shape index (κ2) is 6.86. The SMILES string of the molecule is C=CCN(CCO)S(=O)(=O)c1cc(Cl)c(Br)c(N)c1F. The van der Waals surface area contributed by atoms with Crippen LogP contribution in [-0.2, 0) is 10.0 Å². The lowest BCUT2D eigenvalue weighted by Gasteiger charge is -2.20. The summed E-state index contributed by atoms with van der Waals surface area (Å²) >= 11 is 8.78. The monoisotopic (exact) mass is 386 g/mol. The lowest BCUT2D eigenvalue weighted by molar-refractivity contribution is 0.260. The summed E-state index contributed by atoms with van der Waals surface area (Å²) in [7, 11) is -4.18. The largest absolute Gasteiger partial charge is 0.395 e. The molecule has 5 nitrogen and oxygen atoms in total. The van der Waals surface area contributed by atoms with Crippen LogP contribution in [0, 0.1) is 5.82 Å². The van der Waals surface area contributed by atoms with E-state index in [9.17, 15) is 12.8 Å². The third kappa shape index (κ3) is 3.32. The third-order valence-corrected chi connectivity index (χ3v) is 5.70. The van der Waals surface area contributed by atoms with Gasteiger partial charge in [0.05, 0.1) is 21.8 Å². The molecule has 9 heteroatoms. The van der Waals surface area contributed by atoms with Crippen molar-refractivity contribution in [2.45, 2.75) is 4.90 Å². The van der Waals surface area contributed by atoms with Crippen LogP contribution in [0.1, 0.15) is 0 Å². The molecule has 0 fully saturated rings. The Morgan fingerprint density at radius 2 is 2.20 bits per heavy atom. The molecular formula is C11H13BrClFN2O3S. The van der Waals surface area contributed by atoms with E-state index >= 15 is 0 Å². The zero-order chi connectivity index (χ0) is 15.5. The predicted octanol–water partition coefficient (Wildman–Crippen LogP) is 1.99. The van der Waals surface area contributed by atoms with Crippen LogP contribution in [0.15, 0.2) is 28.1 Å². The van der Waals surface area contributed by atoms with Crippen molar-refractivity contribution in [2.75, 3.05) is 25.4 Å². The quantitative estimate of drug-likeness (QED) is 0.444. The Bertz CT molecular complexity index is 625. The van der Waals surface area contributed by atoms with Crippen LogP contribution >= 0.6 is 27.5 Å². The molecule has 3 N–H and O–H groups in total. The van der Waals surface area contributed by atoms with E-state index in [1.165, 1.54) is 6.08 Å². The van der Waals surface area contributed by atoms with Gasteiger partial charge in [0.2, 0.25) is 10.0 Å². The number of anilines is 1.